The van der Waals surface area contributed by atoms with Gasteiger partial charge in [-0.1, -0.05) is 18.2 Å². The van der Waals surface area contributed by atoms with Crippen LogP contribution >= 0.6 is 0 Å². The van der Waals surface area contributed by atoms with Gasteiger partial charge in [0.1, 0.15) is 6.20 Å². The number of nitrogens with zero attached hydrogens (tertiary/aromatic N) is 2. The van der Waals surface area contributed by atoms with Crippen LogP contribution in [0.1, 0.15) is 20.7 Å². The first-order chi connectivity index (χ1) is 9.58. The van der Waals surface area contributed by atoms with Crippen molar-refractivity contribution in [3.63, 3.8) is 0 Å². The first-order valence-corrected chi connectivity index (χ1v) is 5.59. The molecule has 0 aliphatic rings. The lowest BCUT2D eigenvalue weighted by molar-refractivity contribution is -0.389. The quantitative estimate of drug-likeness (QED) is 0.518. The van der Waals surface area contributed by atoms with Crippen molar-refractivity contribution in [2.75, 3.05) is 0 Å². The van der Waals surface area contributed by atoms with Gasteiger partial charge in [-0.2, -0.15) is 0 Å². The minimum atomic E-state index is -0.718. The van der Waals surface area contributed by atoms with Crippen LogP contribution in [0.3, 0.4) is 0 Å². The SMILES string of the molecule is O=C(NC(=O)c1ccnc([N+](=O)[O-])c1)c1ccccc1. The lowest BCUT2D eigenvalue weighted by atomic mass is 10.2. The van der Waals surface area contributed by atoms with Crippen molar-refractivity contribution < 1.29 is 14.5 Å². The third-order valence-corrected chi connectivity index (χ3v) is 2.46. The Hall–Kier alpha value is -3.09. The summed E-state index contributed by atoms with van der Waals surface area (Å²) in [6.07, 6.45) is 1.14. The molecule has 0 saturated carbocycles. The Balaban J connectivity index is 2.15. The number of carbonyl (C=O) groups excluding carboxylic acids is 2. The lowest BCUT2D eigenvalue weighted by Gasteiger charge is -2.03. The monoisotopic (exact) mass is 271 g/mol. The number of hydrogen-bond donors (Lipinski definition) is 1. The number of hydrogen-bond acceptors (Lipinski definition) is 5. The van der Waals surface area contributed by atoms with E-state index < -0.39 is 22.6 Å². The van der Waals surface area contributed by atoms with Crippen molar-refractivity contribution >= 4 is 17.6 Å². The molecule has 20 heavy (non-hydrogen) atoms. The number of amides is 2. The summed E-state index contributed by atoms with van der Waals surface area (Å²) in [5, 5.41) is 12.7. The molecule has 1 N–H and O–H groups in total. The summed E-state index contributed by atoms with van der Waals surface area (Å²) in [7, 11) is 0. The Kier molecular flexibility index (Phi) is 3.80. The largest absolute Gasteiger partial charge is 0.364 e. The molecule has 0 spiro atoms. The maximum atomic E-state index is 11.8. The van der Waals surface area contributed by atoms with Gasteiger partial charge in [0.15, 0.2) is 0 Å². The van der Waals surface area contributed by atoms with Gasteiger partial charge in [0.25, 0.3) is 11.8 Å². The number of aromatic nitrogens is 1. The summed E-state index contributed by atoms with van der Waals surface area (Å²) >= 11 is 0. The van der Waals surface area contributed by atoms with Gasteiger partial charge in [0.2, 0.25) is 0 Å². The van der Waals surface area contributed by atoms with Crippen molar-refractivity contribution in [3.05, 3.63) is 69.9 Å². The first-order valence-electron chi connectivity index (χ1n) is 5.59. The van der Waals surface area contributed by atoms with Crippen LogP contribution < -0.4 is 5.32 Å². The Morgan fingerprint density at radius 1 is 1.05 bits per heavy atom. The van der Waals surface area contributed by atoms with E-state index in [1.165, 1.54) is 6.07 Å². The van der Waals surface area contributed by atoms with Crippen LogP contribution in [-0.2, 0) is 0 Å². The van der Waals surface area contributed by atoms with E-state index in [0.29, 0.717) is 5.56 Å². The molecule has 0 aliphatic heterocycles. The van der Waals surface area contributed by atoms with Crippen LogP contribution in [0.15, 0.2) is 48.7 Å². The van der Waals surface area contributed by atoms with E-state index in [1.807, 2.05) is 0 Å². The van der Waals surface area contributed by atoms with Crippen molar-refractivity contribution in [2.45, 2.75) is 0 Å². The summed E-state index contributed by atoms with van der Waals surface area (Å²) in [4.78, 5) is 36.9. The second-order valence-electron chi connectivity index (χ2n) is 3.81. The zero-order valence-corrected chi connectivity index (χ0v) is 10.1. The molecule has 7 heteroatoms. The Morgan fingerprint density at radius 3 is 2.35 bits per heavy atom. The van der Waals surface area contributed by atoms with Gasteiger partial charge in [-0.15, -0.1) is 0 Å². The average molecular weight is 271 g/mol. The highest BCUT2D eigenvalue weighted by molar-refractivity contribution is 6.10. The Bertz CT molecular complexity index is 670. The number of carbonyl (C=O) groups is 2. The van der Waals surface area contributed by atoms with Gasteiger partial charge in [-0.3, -0.25) is 14.9 Å². The minimum absolute atomic E-state index is 0.00372. The number of imide groups is 1. The van der Waals surface area contributed by atoms with E-state index in [4.69, 9.17) is 0 Å². The van der Waals surface area contributed by atoms with Crippen LogP contribution in [0.25, 0.3) is 0 Å². The summed E-state index contributed by atoms with van der Waals surface area (Å²) in [5.74, 6) is -1.75. The minimum Gasteiger partial charge on any atom is -0.358 e. The van der Waals surface area contributed by atoms with Crippen LogP contribution in [0, 0.1) is 10.1 Å². The molecule has 1 aromatic carbocycles. The molecule has 0 radical (unpaired) electrons. The Morgan fingerprint density at radius 2 is 1.70 bits per heavy atom. The van der Waals surface area contributed by atoms with Crippen molar-refractivity contribution in [1.29, 1.82) is 0 Å². The van der Waals surface area contributed by atoms with Crippen molar-refractivity contribution in [3.8, 4) is 0 Å². The number of nitrogens with one attached hydrogen (secondary N) is 1. The van der Waals surface area contributed by atoms with Gasteiger partial charge < -0.3 is 10.1 Å². The molecule has 0 fully saturated rings. The molecule has 100 valence electrons. The molecule has 0 saturated heterocycles. The normalized spacial score (nSPS) is 9.80. The maximum absolute atomic E-state index is 11.8. The number of pyridine rings is 1. The summed E-state index contributed by atoms with van der Waals surface area (Å²) < 4.78 is 0. The smallest absolute Gasteiger partial charge is 0.358 e. The van der Waals surface area contributed by atoms with Crippen LogP contribution in [0.2, 0.25) is 0 Å². The maximum Gasteiger partial charge on any atom is 0.364 e. The highest BCUT2D eigenvalue weighted by Crippen LogP contribution is 2.09. The molecule has 7 nitrogen and oxygen atoms in total. The number of rotatable bonds is 3. The molecule has 0 unspecified atom stereocenters. The van der Waals surface area contributed by atoms with E-state index in [2.05, 4.69) is 10.3 Å². The second-order valence-corrected chi connectivity index (χ2v) is 3.81. The molecule has 2 aromatic rings. The molecule has 1 aromatic heterocycles. The highest BCUT2D eigenvalue weighted by atomic mass is 16.6. The molecular formula is C13H9N3O4. The summed E-state index contributed by atoms with van der Waals surface area (Å²) in [6.45, 7) is 0. The van der Waals surface area contributed by atoms with Crippen molar-refractivity contribution in [1.82, 2.24) is 10.3 Å². The van der Waals surface area contributed by atoms with Gasteiger partial charge in [0.05, 0.1) is 5.56 Å². The predicted octanol–water partition coefficient (Wildman–Crippen LogP) is 1.56. The van der Waals surface area contributed by atoms with E-state index in [0.717, 1.165) is 12.3 Å². The van der Waals surface area contributed by atoms with Crippen LogP contribution in [0.4, 0.5) is 5.82 Å². The average Bonchev–Trinajstić information content (AvgIpc) is 2.48. The summed E-state index contributed by atoms with van der Waals surface area (Å²) in [5.41, 5.74) is 0.320. The third kappa shape index (κ3) is 3.02. The fourth-order valence-electron chi connectivity index (χ4n) is 1.50. The molecule has 0 bridgehead atoms. The van der Waals surface area contributed by atoms with E-state index in [1.54, 1.807) is 30.3 Å². The zero-order chi connectivity index (χ0) is 14.5. The standard InChI is InChI=1S/C13H9N3O4/c17-12(9-4-2-1-3-5-9)15-13(18)10-6-7-14-11(8-10)16(19)20/h1-8H,(H,15,17,18). The van der Waals surface area contributed by atoms with E-state index in [-0.39, 0.29) is 5.56 Å². The van der Waals surface area contributed by atoms with Gasteiger partial charge in [-0.25, -0.2) is 0 Å². The molecule has 0 atom stereocenters. The fourth-order valence-corrected chi connectivity index (χ4v) is 1.50. The fraction of sp³-hybridized carbons (Fsp3) is 0. The molecular weight excluding hydrogens is 262 g/mol. The first kappa shape index (κ1) is 13.3. The lowest BCUT2D eigenvalue weighted by Crippen LogP contribution is -2.30. The van der Waals surface area contributed by atoms with Crippen LogP contribution in [-0.4, -0.2) is 21.7 Å². The molecule has 2 amide bonds. The predicted molar refractivity (Wildman–Crippen MR) is 69.1 cm³/mol. The molecule has 0 aliphatic carbocycles. The van der Waals surface area contributed by atoms with Gasteiger partial charge in [-0.05, 0) is 28.1 Å². The zero-order valence-electron chi connectivity index (χ0n) is 10.1. The topological polar surface area (TPSA) is 102 Å². The third-order valence-electron chi connectivity index (χ3n) is 2.46. The summed E-state index contributed by atoms with van der Waals surface area (Å²) in [6, 6.07) is 10.5. The highest BCUT2D eigenvalue weighted by Gasteiger charge is 2.15. The van der Waals surface area contributed by atoms with E-state index >= 15 is 0 Å². The van der Waals surface area contributed by atoms with Crippen LogP contribution in [0.5, 0.6) is 0 Å². The van der Waals surface area contributed by atoms with Gasteiger partial charge in [0, 0.05) is 11.6 Å². The molecule has 1 heterocycles. The van der Waals surface area contributed by atoms with Gasteiger partial charge >= 0.3 is 5.82 Å². The number of nitro groups is 1. The van der Waals surface area contributed by atoms with Crippen molar-refractivity contribution in [2.24, 2.45) is 0 Å². The second kappa shape index (κ2) is 5.70. The number of benzene rings is 1. The molecule has 2 rings (SSSR count). The Labute approximate surface area is 113 Å². The van der Waals surface area contributed by atoms with E-state index in [9.17, 15) is 19.7 Å².